The van der Waals surface area contributed by atoms with E-state index in [2.05, 4.69) is 13.8 Å². The summed E-state index contributed by atoms with van der Waals surface area (Å²) in [5.74, 6) is 0.191. The Morgan fingerprint density at radius 3 is 2.83 bits per heavy atom. The molecule has 0 aromatic carbocycles. The lowest BCUT2D eigenvalue weighted by Crippen LogP contribution is -2.34. The average molecular weight is 168 g/mol. The van der Waals surface area contributed by atoms with Crippen molar-refractivity contribution in [1.29, 1.82) is 0 Å². The predicted molar refractivity (Wildman–Crippen MR) is 47.8 cm³/mol. The van der Waals surface area contributed by atoms with Gasteiger partial charge in [0.25, 0.3) is 0 Å². The molecule has 1 aliphatic heterocycles. The van der Waals surface area contributed by atoms with Crippen molar-refractivity contribution in [3.8, 4) is 0 Å². The standard InChI is InChI=1S/C10H16O2/c1-3-6-10(4-2)8-9(11)5-7-12-10/h5,7H,3-4,6,8H2,1-2H3. The number of carbonyl (C=O) groups is 1. The van der Waals surface area contributed by atoms with Gasteiger partial charge >= 0.3 is 0 Å². The second kappa shape index (κ2) is 3.74. The predicted octanol–water partition coefficient (Wildman–Crippen LogP) is 2.44. The summed E-state index contributed by atoms with van der Waals surface area (Å²) in [6, 6.07) is 0. The maximum atomic E-state index is 11.1. The molecule has 1 unspecified atom stereocenters. The van der Waals surface area contributed by atoms with Crippen molar-refractivity contribution in [2.45, 2.75) is 45.1 Å². The summed E-state index contributed by atoms with van der Waals surface area (Å²) in [6.45, 7) is 4.19. The van der Waals surface area contributed by atoms with Gasteiger partial charge in [0.05, 0.1) is 12.7 Å². The smallest absolute Gasteiger partial charge is 0.162 e. The Morgan fingerprint density at radius 2 is 2.33 bits per heavy atom. The number of carbonyl (C=O) groups excluding carboxylic acids is 1. The van der Waals surface area contributed by atoms with E-state index < -0.39 is 0 Å². The highest BCUT2D eigenvalue weighted by molar-refractivity contribution is 5.90. The van der Waals surface area contributed by atoms with Crippen LogP contribution in [-0.2, 0) is 9.53 Å². The van der Waals surface area contributed by atoms with Crippen LogP contribution in [0.15, 0.2) is 12.3 Å². The summed E-state index contributed by atoms with van der Waals surface area (Å²) >= 11 is 0. The molecule has 1 rings (SSSR count). The summed E-state index contributed by atoms with van der Waals surface area (Å²) in [5.41, 5.74) is -0.194. The van der Waals surface area contributed by atoms with Gasteiger partial charge < -0.3 is 4.74 Å². The number of ketones is 1. The first-order valence-electron chi connectivity index (χ1n) is 4.59. The lowest BCUT2D eigenvalue weighted by atomic mass is 9.88. The fraction of sp³-hybridized carbons (Fsp3) is 0.700. The van der Waals surface area contributed by atoms with Crippen molar-refractivity contribution in [3.05, 3.63) is 12.3 Å². The molecular formula is C10H16O2. The van der Waals surface area contributed by atoms with Crippen molar-refractivity contribution in [3.63, 3.8) is 0 Å². The van der Waals surface area contributed by atoms with E-state index in [4.69, 9.17) is 4.74 Å². The quantitative estimate of drug-likeness (QED) is 0.647. The van der Waals surface area contributed by atoms with Gasteiger partial charge in [0, 0.05) is 6.08 Å². The van der Waals surface area contributed by atoms with Crippen molar-refractivity contribution in [2.24, 2.45) is 0 Å². The van der Waals surface area contributed by atoms with E-state index in [1.807, 2.05) is 0 Å². The van der Waals surface area contributed by atoms with Crippen LogP contribution in [0.5, 0.6) is 0 Å². The molecule has 0 amide bonds. The van der Waals surface area contributed by atoms with Crippen LogP contribution in [0.1, 0.15) is 39.5 Å². The monoisotopic (exact) mass is 168 g/mol. The lowest BCUT2D eigenvalue weighted by Gasteiger charge is -2.33. The Kier molecular flexibility index (Phi) is 2.90. The van der Waals surface area contributed by atoms with Gasteiger partial charge in [-0.3, -0.25) is 4.79 Å². The first kappa shape index (κ1) is 9.30. The van der Waals surface area contributed by atoms with Gasteiger partial charge in [-0.1, -0.05) is 20.3 Å². The van der Waals surface area contributed by atoms with Gasteiger partial charge in [-0.15, -0.1) is 0 Å². The fourth-order valence-electron chi connectivity index (χ4n) is 1.66. The van der Waals surface area contributed by atoms with Crippen LogP contribution in [0.3, 0.4) is 0 Å². The van der Waals surface area contributed by atoms with Gasteiger partial charge in [-0.05, 0) is 12.8 Å². The molecule has 0 radical (unpaired) electrons. The van der Waals surface area contributed by atoms with Gasteiger partial charge in [0.15, 0.2) is 5.78 Å². The molecule has 1 aliphatic rings. The van der Waals surface area contributed by atoms with Crippen LogP contribution >= 0.6 is 0 Å². The van der Waals surface area contributed by atoms with Gasteiger partial charge in [-0.25, -0.2) is 0 Å². The van der Waals surface area contributed by atoms with Crippen molar-refractivity contribution >= 4 is 5.78 Å². The van der Waals surface area contributed by atoms with Gasteiger partial charge in [0.1, 0.15) is 5.60 Å². The summed E-state index contributed by atoms with van der Waals surface area (Å²) in [7, 11) is 0. The first-order chi connectivity index (χ1) is 5.72. The molecule has 2 heteroatoms. The second-order valence-corrected chi connectivity index (χ2v) is 3.35. The topological polar surface area (TPSA) is 26.3 Å². The number of allylic oxidation sites excluding steroid dienone is 1. The Bertz CT molecular complexity index is 196. The van der Waals surface area contributed by atoms with E-state index in [0.717, 1.165) is 19.3 Å². The molecule has 1 atom stereocenters. The Hall–Kier alpha value is -0.790. The summed E-state index contributed by atoms with van der Waals surface area (Å²) < 4.78 is 5.52. The number of hydrogen-bond acceptors (Lipinski definition) is 2. The minimum atomic E-state index is -0.194. The van der Waals surface area contributed by atoms with Crippen molar-refractivity contribution in [2.75, 3.05) is 0 Å². The maximum Gasteiger partial charge on any atom is 0.162 e. The Morgan fingerprint density at radius 1 is 1.58 bits per heavy atom. The van der Waals surface area contributed by atoms with Crippen LogP contribution in [0.2, 0.25) is 0 Å². The minimum Gasteiger partial charge on any atom is -0.494 e. The molecule has 0 aromatic heterocycles. The largest absolute Gasteiger partial charge is 0.494 e. The van der Waals surface area contributed by atoms with E-state index in [1.54, 1.807) is 6.26 Å². The van der Waals surface area contributed by atoms with Crippen LogP contribution in [0.25, 0.3) is 0 Å². The van der Waals surface area contributed by atoms with Crippen LogP contribution in [0.4, 0.5) is 0 Å². The van der Waals surface area contributed by atoms with Crippen LogP contribution in [0, 0.1) is 0 Å². The molecule has 0 aliphatic carbocycles. The molecule has 0 saturated carbocycles. The lowest BCUT2D eigenvalue weighted by molar-refractivity contribution is -0.123. The molecule has 2 nitrogen and oxygen atoms in total. The molecule has 0 spiro atoms. The fourth-order valence-corrected chi connectivity index (χ4v) is 1.66. The summed E-state index contributed by atoms with van der Waals surface area (Å²) in [6.07, 6.45) is 6.56. The highest BCUT2D eigenvalue weighted by Crippen LogP contribution is 2.29. The molecule has 0 saturated heterocycles. The molecule has 0 aromatic rings. The van der Waals surface area contributed by atoms with E-state index in [9.17, 15) is 4.79 Å². The van der Waals surface area contributed by atoms with E-state index in [-0.39, 0.29) is 11.4 Å². The zero-order chi connectivity index (χ0) is 9.03. The van der Waals surface area contributed by atoms with E-state index in [0.29, 0.717) is 6.42 Å². The molecule has 0 N–H and O–H groups in total. The summed E-state index contributed by atoms with van der Waals surface area (Å²) in [5, 5.41) is 0. The number of ether oxygens (including phenoxy) is 1. The molecule has 0 bridgehead atoms. The van der Waals surface area contributed by atoms with Crippen molar-refractivity contribution < 1.29 is 9.53 Å². The Balaban J connectivity index is 2.67. The highest BCUT2D eigenvalue weighted by Gasteiger charge is 2.32. The molecule has 0 fully saturated rings. The highest BCUT2D eigenvalue weighted by atomic mass is 16.5. The Labute approximate surface area is 73.6 Å². The minimum absolute atomic E-state index is 0.191. The van der Waals surface area contributed by atoms with Crippen LogP contribution < -0.4 is 0 Å². The SMILES string of the molecule is CCCC1(CC)CC(=O)C=CO1. The third-order valence-electron chi connectivity index (χ3n) is 2.42. The second-order valence-electron chi connectivity index (χ2n) is 3.35. The first-order valence-corrected chi connectivity index (χ1v) is 4.59. The normalized spacial score (nSPS) is 28.7. The third kappa shape index (κ3) is 1.87. The van der Waals surface area contributed by atoms with Crippen LogP contribution in [-0.4, -0.2) is 11.4 Å². The third-order valence-corrected chi connectivity index (χ3v) is 2.42. The van der Waals surface area contributed by atoms with E-state index >= 15 is 0 Å². The number of rotatable bonds is 3. The zero-order valence-corrected chi connectivity index (χ0v) is 7.80. The molecule has 68 valence electrons. The zero-order valence-electron chi connectivity index (χ0n) is 7.80. The molecular weight excluding hydrogens is 152 g/mol. The van der Waals surface area contributed by atoms with Gasteiger partial charge in [0.2, 0.25) is 0 Å². The van der Waals surface area contributed by atoms with Gasteiger partial charge in [-0.2, -0.15) is 0 Å². The summed E-state index contributed by atoms with van der Waals surface area (Å²) in [4.78, 5) is 11.1. The maximum absolute atomic E-state index is 11.1. The number of hydrogen-bond donors (Lipinski definition) is 0. The van der Waals surface area contributed by atoms with Crippen molar-refractivity contribution in [1.82, 2.24) is 0 Å². The molecule has 12 heavy (non-hydrogen) atoms. The van der Waals surface area contributed by atoms with E-state index in [1.165, 1.54) is 6.08 Å². The molecule has 1 heterocycles. The average Bonchev–Trinajstić information content (AvgIpc) is 2.05.